The van der Waals surface area contributed by atoms with Crippen molar-refractivity contribution in [2.45, 2.75) is 50.8 Å². The van der Waals surface area contributed by atoms with Crippen LogP contribution < -0.4 is 20.3 Å². The van der Waals surface area contributed by atoms with Crippen LogP contribution in [0, 0.1) is 5.92 Å². The van der Waals surface area contributed by atoms with Crippen molar-refractivity contribution >= 4 is 44.8 Å². The molecular formula is C25H32N4O5S. The van der Waals surface area contributed by atoms with Crippen LogP contribution in [0.2, 0.25) is 0 Å². The highest BCUT2D eigenvalue weighted by molar-refractivity contribution is 7.89. The minimum atomic E-state index is -3.60. The van der Waals surface area contributed by atoms with Gasteiger partial charge in [0.05, 0.1) is 10.8 Å². The normalized spacial score (nSPS) is 15.8. The molecule has 1 fully saturated rings. The maximum Gasteiger partial charge on any atom is 0.240 e. The SMILES string of the molecule is CCCCCCNS(=O)(=O)c1ccc(NC(=O)C2CC(=O)N(c3ccc(NC(C)=O)cc3)C2)cc1. The summed E-state index contributed by atoms with van der Waals surface area (Å²) >= 11 is 0. The number of unbranched alkanes of at least 4 members (excludes halogenated alkanes) is 3. The van der Waals surface area contributed by atoms with Gasteiger partial charge in [-0.25, -0.2) is 13.1 Å². The van der Waals surface area contributed by atoms with Crippen LogP contribution in [0.4, 0.5) is 17.1 Å². The lowest BCUT2D eigenvalue weighted by Crippen LogP contribution is -2.28. The third-order valence-electron chi connectivity index (χ3n) is 5.75. The number of carbonyl (C=O) groups excluding carboxylic acids is 3. The number of rotatable bonds is 11. The molecular weight excluding hydrogens is 468 g/mol. The summed E-state index contributed by atoms with van der Waals surface area (Å²) in [6.07, 6.45) is 4.00. The number of hydrogen-bond donors (Lipinski definition) is 3. The minimum Gasteiger partial charge on any atom is -0.326 e. The number of anilines is 3. The molecule has 3 rings (SSSR count). The first-order valence-corrected chi connectivity index (χ1v) is 13.3. The highest BCUT2D eigenvalue weighted by Gasteiger charge is 2.35. The Kier molecular flexibility index (Phi) is 9.00. The van der Waals surface area contributed by atoms with Gasteiger partial charge >= 0.3 is 0 Å². The number of hydrogen-bond acceptors (Lipinski definition) is 5. The number of amides is 3. The molecule has 0 spiro atoms. The van der Waals surface area contributed by atoms with Gasteiger partial charge in [0.15, 0.2) is 0 Å². The fourth-order valence-corrected chi connectivity index (χ4v) is 4.94. The molecule has 3 amide bonds. The molecule has 0 aliphatic carbocycles. The van der Waals surface area contributed by atoms with Crippen molar-refractivity contribution in [2.24, 2.45) is 5.92 Å². The van der Waals surface area contributed by atoms with E-state index in [1.165, 1.54) is 19.1 Å². The molecule has 2 aromatic rings. The maximum absolute atomic E-state index is 12.8. The van der Waals surface area contributed by atoms with Crippen molar-refractivity contribution in [1.29, 1.82) is 0 Å². The second-order valence-corrected chi connectivity index (χ2v) is 10.4. The molecule has 10 heteroatoms. The summed E-state index contributed by atoms with van der Waals surface area (Å²) in [5.74, 6) is -1.19. The fourth-order valence-electron chi connectivity index (χ4n) is 3.86. The molecule has 0 aromatic heterocycles. The number of sulfonamides is 1. The molecule has 0 radical (unpaired) electrons. The van der Waals surface area contributed by atoms with Crippen LogP contribution in [0.1, 0.15) is 46.0 Å². The molecule has 1 heterocycles. The smallest absolute Gasteiger partial charge is 0.240 e. The van der Waals surface area contributed by atoms with E-state index < -0.39 is 15.9 Å². The molecule has 35 heavy (non-hydrogen) atoms. The summed E-state index contributed by atoms with van der Waals surface area (Å²) in [5.41, 5.74) is 1.73. The highest BCUT2D eigenvalue weighted by atomic mass is 32.2. The second-order valence-electron chi connectivity index (χ2n) is 8.61. The molecule has 1 unspecified atom stereocenters. The lowest BCUT2D eigenvalue weighted by Gasteiger charge is -2.17. The van der Waals surface area contributed by atoms with E-state index >= 15 is 0 Å². The van der Waals surface area contributed by atoms with Gasteiger partial charge in [0, 0.05) is 43.5 Å². The molecule has 1 aliphatic rings. The van der Waals surface area contributed by atoms with Crippen molar-refractivity contribution in [2.75, 3.05) is 28.6 Å². The largest absolute Gasteiger partial charge is 0.326 e. The Labute approximate surface area is 206 Å². The van der Waals surface area contributed by atoms with Gasteiger partial charge < -0.3 is 15.5 Å². The van der Waals surface area contributed by atoms with Gasteiger partial charge in [-0.15, -0.1) is 0 Å². The van der Waals surface area contributed by atoms with Crippen LogP contribution >= 0.6 is 0 Å². The summed E-state index contributed by atoms with van der Waals surface area (Å²) in [4.78, 5) is 38.1. The van der Waals surface area contributed by atoms with Gasteiger partial charge in [-0.2, -0.15) is 0 Å². The van der Waals surface area contributed by atoms with E-state index in [1.54, 1.807) is 41.3 Å². The molecule has 1 atom stereocenters. The summed E-state index contributed by atoms with van der Waals surface area (Å²) in [5, 5.41) is 5.44. The molecule has 2 aromatic carbocycles. The van der Waals surface area contributed by atoms with E-state index in [4.69, 9.17) is 0 Å². The fraction of sp³-hybridized carbons (Fsp3) is 0.400. The van der Waals surface area contributed by atoms with Crippen LogP contribution in [0.25, 0.3) is 0 Å². The maximum atomic E-state index is 12.8. The van der Waals surface area contributed by atoms with E-state index in [9.17, 15) is 22.8 Å². The first-order chi connectivity index (χ1) is 16.7. The molecule has 0 saturated carbocycles. The lowest BCUT2D eigenvalue weighted by molar-refractivity contribution is -0.122. The topological polar surface area (TPSA) is 125 Å². The Morgan fingerprint density at radius 1 is 0.943 bits per heavy atom. The zero-order valence-corrected chi connectivity index (χ0v) is 20.9. The minimum absolute atomic E-state index is 0.0771. The van der Waals surface area contributed by atoms with Crippen molar-refractivity contribution in [3.63, 3.8) is 0 Å². The summed E-state index contributed by atoms with van der Waals surface area (Å²) in [7, 11) is -3.60. The van der Waals surface area contributed by atoms with Crippen molar-refractivity contribution in [1.82, 2.24) is 4.72 Å². The van der Waals surface area contributed by atoms with Crippen molar-refractivity contribution < 1.29 is 22.8 Å². The molecule has 9 nitrogen and oxygen atoms in total. The van der Waals surface area contributed by atoms with E-state index in [2.05, 4.69) is 22.3 Å². The molecule has 188 valence electrons. The van der Waals surface area contributed by atoms with Crippen LogP contribution in [-0.2, 0) is 24.4 Å². The predicted molar refractivity (Wildman–Crippen MR) is 136 cm³/mol. The van der Waals surface area contributed by atoms with Gasteiger partial charge in [-0.1, -0.05) is 26.2 Å². The number of carbonyl (C=O) groups is 3. The quantitative estimate of drug-likeness (QED) is 0.407. The second kappa shape index (κ2) is 11.9. The van der Waals surface area contributed by atoms with E-state index in [-0.39, 0.29) is 35.6 Å². The van der Waals surface area contributed by atoms with Gasteiger partial charge in [-0.05, 0) is 55.0 Å². The predicted octanol–water partition coefficient (Wildman–Crippen LogP) is 3.50. The first-order valence-electron chi connectivity index (χ1n) is 11.8. The summed E-state index contributed by atoms with van der Waals surface area (Å²) in [6.45, 7) is 4.14. The van der Waals surface area contributed by atoms with Crippen molar-refractivity contribution in [3.05, 3.63) is 48.5 Å². The number of benzene rings is 2. The first kappa shape index (κ1) is 26.4. The summed E-state index contributed by atoms with van der Waals surface area (Å²) < 4.78 is 27.5. The van der Waals surface area contributed by atoms with Crippen molar-refractivity contribution in [3.8, 4) is 0 Å². The average molecular weight is 501 g/mol. The van der Waals surface area contributed by atoms with E-state index in [0.29, 0.717) is 23.6 Å². The third kappa shape index (κ3) is 7.37. The number of nitrogens with one attached hydrogen (secondary N) is 3. The van der Waals surface area contributed by atoms with E-state index in [0.717, 1.165) is 25.7 Å². The van der Waals surface area contributed by atoms with Gasteiger partial charge in [0.1, 0.15) is 0 Å². The Morgan fingerprint density at radius 2 is 1.57 bits per heavy atom. The monoisotopic (exact) mass is 500 g/mol. The third-order valence-corrected chi connectivity index (χ3v) is 7.23. The van der Waals surface area contributed by atoms with Gasteiger partial charge in [-0.3, -0.25) is 14.4 Å². The standard InChI is InChI=1S/C25H32N4O5S/c1-3-4-5-6-15-26-35(33,34)23-13-9-21(10-14-23)28-25(32)19-16-24(31)29(17-19)22-11-7-20(8-12-22)27-18(2)30/h7-14,19,26H,3-6,15-17H2,1-2H3,(H,27,30)(H,28,32). The summed E-state index contributed by atoms with van der Waals surface area (Å²) in [6, 6.07) is 12.8. The number of nitrogens with zero attached hydrogens (tertiary/aromatic N) is 1. The molecule has 1 aliphatic heterocycles. The lowest BCUT2D eigenvalue weighted by atomic mass is 10.1. The molecule has 0 bridgehead atoms. The van der Waals surface area contributed by atoms with Crippen LogP contribution in [0.15, 0.2) is 53.4 Å². The van der Waals surface area contributed by atoms with Crippen LogP contribution in [-0.4, -0.2) is 39.2 Å². The van der Waals surface area contributed by atoms with Crippen LogP contribution in [0.5, 0.6) is 0 Å². The average Bonchev–Trinajstić information content (AvgIpc) is 3.21. The zero-order chi connectivity index (χ0) is 25.4. The Bertz CT molecular complexity index is 1150. The van der Waals surface area contributed by atoms with Gasteiger partial charge in [0.25, 0.3) is 0 Å². The Hall–Kier alpha value is -3.24. The molecule has 3 N–H and O–H groups in total. The molecule has 1 saturated heterocycles. The Morgan fingerprint density at radius 3 is 2.20 bits per heavy atom. The van der Waals surface area contributed by atoms with Crippen LogP contribution in [0.3, 0.4) is 0 Å². The highest BCUT2D eigenvalue weighted by Crippen LogP contribution is 2.27. The Balaban J connectivity index is 1.55. The zero-order valence-electron chi connectivity index (χ0n) is 20.0. The van der Waals surface area contributed by atoms with Gasteiger partial charge in [0.2, 0.25) is 27.7 Å². The van der Waals surface area contributed by atoms with E-state index in [1.807, 2.05) is 0 Å².